The highest BCUT2D eigenvalue weighted by Gasteiger charge is 2.53. The van der Waals surface area contributed by atoms with E-state index in [1.807, 2.05) is 24.3 Å². The van der Waals surface area contributed by atoms with Crippen LogP contribution < -0.4 is 5.32 Å². The standard InChI is InChI=1S/C18H26N4/c1-6-20-16(22-13-17(2,3)18(22,4)5)21-12-15-9-7-8-14(10-15)11-19/h7-10H,6,12-13H2,1-5H3,(H,20,21). The van der Waals surface area contributed by atoms with Gasteiger partial charge in [-0.25, -0.2) is 4.99 Å². The van der Waals surface area contributed by atoms with Crippen molar-refractivity contribution in [1.82, 2.24) is 10.2 Å². The fourth-order valence-electron chi connectivity index (χ4n) is 2.70. The van der Waals surface area contributed by atoms with Crippen LogP contribution >= 0.6 is 0 Å². The molecule has 0 aromatic heterocycles. The Morgan fingerprint density at radius 3 is 2.64 bits per heavy atom. The van der Waals surface area contributed by atoms with Crippen LogP contribution in [-0.2, 0) is 6.54 Å². The van der Waals surface area contributed by atoms with Gasteiger partial charge in [0.2, 0.25) is 0 Å². The van der Waals surface area contributed by atoms with Gasteiger partial charge >= 0.3 is 0 Å². The summed E-state index contributed by atoms with van der Waals surface area (Å²) >= 11 is 0. The number of hydrogen-bond acceptors (Lipinski definition) is 2. The van der Waals surface area contributed by atoms with Crippen molar-refractivity contribution < 1.29 is 0 Å². The van der Waals surface area contributed by atoms with Crippen molar-refractivity contribution in [2.24, 2.45) is 10.4 Å². The molecule has 22 heavy (non-hydrogen) atoms. The molecule has 1 aromatic carbocycles. The molecule has 0 aliphatic carbocycles. The third kappa shape index (κ3) is 2.94. The summed E-state index contributed by atoms with van der Waals surface area (Å²) in [6.07, 6.45) is 0. The van der Waals surface area contributed by atoms with Gasteiger partial charge in [0.15, 0.2) is 5.96 Å². The van der Waals surface area contributed by atoms with E-state index in [-0.39, 0.29) is 11.0 Å². The SMILES string of the molecule is CCNC(=NCc1cccc(C#N)c1)N1CC(C)(C)C1(C)C. The van der Waals surface area contributed by atoms with Crippen LogP contribution in [0.1, 0.15) is 45.7 Å². The molecule has 1 aliphatic rings. The molecular weight excluding hydrogens is 272 g/mol. The van der Waals surface area contributed by atoms with Crippen molar-refractivity contribution in [3.05, 3.63) is 35.4 Å². The number of nitrogens with one attached hydrogen (secondary N) is 1. The van der Waals surface area contributed by atoms with Crippen LogP contribution in [0, 0.1) is 16.7 Å². The van der Waals surface area contributed by atoms with E-state index >= 15 is 0 Å². The molecule has 0 atom stereocenters. The third-order valence-corrected chi connectivity index (χ3v) is 4.94. The second kappa shape index (κ2) is 6.00. The minimum Gasteiger partial charge on any atom is -0.356 e. The molecule has 4 nitrogen and oxygen atoms in total. The Kier molecular flexibility index (Phi) is 4.46. The lowest BCUT2D eigenvalue weighted by molar-refractivity contribution is -0.0667. The van der Waals surface area contributed by atoms with Crippen molar-refractivity contribution in [3.63, 3.8) is 0 Å². The number of hydrogen-bond donors (Lipinski definition) is 1. The lowest BCUT2D eigenvalue weighted by Crippen LogP contribution is -2.72. The molecular formula is C18H26N4. The molecule has 0 unspecified atom stereocenters. The first-order valence-electron chi connectivity index (χ1n) is 7.87. The Labute approximate surface area is 133 Å². The first-order valence-corrected chi connectivity index (χ1v) is 7.87. The Hall–Kier alpha value is -2.02. The van der Waals surface area contributed by atoms with Gasteiger partial charge in [0, 0.05) is 24.0 Å². The number of nitriles is 1. The zero-order chi connectivity index (χ0) is 16.4. The highest BCUT2D eigenvalue weighted by atomic mass is 15.4. The Morgan fingerprint density at radius 2 is 2.09 bits per heavy atom. The van der Waals surface area contributed by atoms with Gasteiger partial charge < -0.3 is 10.2 Å². The second-order valence-electron chi connectivity index (χ2n) is 7.01. The summed E-state index contributed by atoms with van der Waals surface area (Å²) in [5.41, 5.74) is 2.11. The monoisotopic (exact) mass is 298 g/mol. The molecule has 0 radical (unpaired) electrons. The highest BCUT2D eigenvalue weighted by molar-refractivity contribution is 5.82. The van der Waals surface area contributed by atoms with Crippen LogP contribution in [0.25, 0.3) is 0 Å². The molecule has 0 spiro atoms. The number of likely N-dealkylation sites (tertiary alicyclic amines) is 1. The van der Waals surface area contributed by atoms with Crippen molar-refractivity contribution in [1.29, 1.82) is 5.26 Å². The summed E-state index contributed by atoms with van der Waals surface area (Å²) in [6, 6.07) is 9.82. The number of aliphatic imine (C=N–C) groups is 1. The maximum absolute atomic E-state index is 8.98. The van der Waals surface area contributed by atoms with E-state index < -0.39 is 0 Å². The summed E-state index contributed by atoms with van der Waals surface area (Å²) in [5, 5.41) is 12.4. The summed E-state index contributed by atoms with van der Waals surface area (Å²) in [7, 11) is 0. The molecule has 1 heterocycles. The average molecular weight is 298 g/mol. The molecule has 1 aliphatic heterocycles. The smallest absolute Gasteiger partial charge is 0.194 e. The largest absolute Gasteiger partial charge is 0.356 e. The van der Waals surface area contributed by atoms with E-state index in [0.717, 1.165) is 24.6 Å². The molecule has 0 amide bonds. The molecule has 1 aromatic rings. The van der Waals surface area contributed by atoms with E-state index in [4.69, 9.17) is 10.3 Å². The normalized spacial score (nSPS) is 19.3. The van der Waals surface area contributed by atoms with Gasteiger partial charge in [-0.3, -0.25) is 0 Å². The minimum atomic E-state index is 0.0858. The second-order valence-corrected chi connectivity index (χ2v) is 7.01. The van der Waals surface area contributed by atoms with Crippen molar-refractivity contribution in [2.75, 3.05) is 13.1 Å². The summed E-state index contributed by atoms with van der Waals surface area (Å²) < 4.78 is 0. The molecule has 1 saturated heterocycles. The maximum atomic E-state index is 8.98. The predicted octanol–water partition coefficient (Wildman–Crippen LogP) is 3.14. The van der Waals surface area contributed by atoms with Gasteiger partial charge in [-0.05, 0) is 38.5 Å². The summed E-state index contributed by atoms with van der Waals surface area (Å²) in [6.45, 7) is 13.6. The van der Waals surface area contributed by atoms with E-state index in [9.17, 15) is 0 Å². The van der Waals surface area contributed by atoms with Crippen LogP contribution in [0.5, 0.6) is 0 Å². The highest BCUT2D eigenvalue weighted by Crippen LogP contribution is 2.46. The molecule has 4 heteroatoms. The first kappa shape index (κ1) is 16.4. The van der Waals surface area contributed by atoms with Crippen LogP contribution in [0.4, 0.5) is 0 Å². The Balaban J connectivity index is 2.17. The zero-order valence-corrected chi connectivity index (χ0v) is 14.3. The summed E-state index contributed by atoms with van der Waals surface area (Å²) in [4.78, 5) is 7.10. The van der Waals surface area contributed by atoms with Gasteiger partial charge in [0.05, 0.1) is 18.2 Å². The van der Waals surface area contributed by atoms with Crippen LogP contribution in [-0.4, -0.2) is 29.5 Å². The first-order chi connectivity index (χ1) is 10.3. The lowest BCUT2D eigenvalue weighted by Gasteiger charge is -2.62. The molecule has 1 fully saturated rings. The van der Waals surface area contributed by atoms with Crippen LogP contribution in [0.3, 0.4) is 0 Å². The van der Waals surface area contributed by atoms with E-state index in [1.165, 1.54) is 0 Å². The van der Waals surface area contributed by atoms with Crippen LogP contribution in [0.2, 0.25) is 0 Å². The zero-order valence-electron chi connectivity index (χ0n) is 14.3. The van der Waals surface area contributed by atoms with Crippen molar-refractivity contribution >= 4 is 5.96 Å². The molecule has 0 saturated carbocycles. The number of guanidine groups is 1. The Bertz CT molecular complexity index is 608. The average Bonchev–Trinajstić information content (AvgIpc) is 2.49. The van der Waals surface area contributed by atoms with E-state index in [0.29, 0.717) is 12.1 Å². The fourth-order valence-corrected chi connectivity index (χ4v) is 2.70. The van der Waals surface area contributed by atoms with Crippen LogP contribution in [0.15, 0.2) is 29.3 Å². The molecule has 118 valence electrons. The molecule has 2 rings (SSSR count). The van der Waals surface area contributed by atoms with Gasteiger partial charge in [0.1, 0.15) is 0 Å². The van der Waals surface area contributed by atoms with E-state index in [1.54, 1.807) is 0 Å². The molecule has 1 N–H and O–H groups in total. The van der Waals surface area contributed by atoms with Gasteiger partial charge in [0.25, 0.3) is 0 Å². The third-order valence-electron chi connectivity index (χ3n) is 4.94. The maximum Gasteiger partial charge on any atom is 0.194 e. The van der Waals surface area contributed by atoms with Crippen molar-refractivity contribution in [3.8, 4) is 6.07 Å². The topological polar surface area (TPSA) is 51.4 Å². The molecule has 0 bridgehead atoms. The van der Waals surface area contributed by atoms with Gasteiger partial charge in [-0.15, -0.1) is 0 Å². The van der Waals surface area contributed by atoms with Gasteiger partial charge in [-0.1, -0.05) is 26.0 Å². The van der Waals surface area contributed by atoms with Gasteiger partial charge in [-0.2, -0.15) is 5.26 Å². The predicted molar refractivity (Wildman–Crippen MR) is 90.5 cm³/mol. The number of benzene rings is 1. The number of rotatable bonds is 3. The number of nitrogens with zero attached hydrogens (tertiary/aromatic N) is 3. The van der Waals surface area contributed by atoms with E-state index in [2.05, 4.69) is 50.9 Å². The quantitative estimate of drug-likeness (QED) is 0.689. The lowest BCUT2D eigenvalue weighted by atomic mass is 9.65. The van der Waals surface area contributed by atoms with Crippen molar-refractivity contribution in [2.45, 2.75) is 46.7 Å². The minimum absolute atomic E-state index is 0.0858. The fraction of sp³-hybridized carbons (Fsp3) is 0.556. The Morgan fingerprint density at radius 1 is 1.36 bits per heavy atom. The summed E-state index contributed by atoms with van der Waals surface area (Å²) in [5.74, 6) is 0.953.